The Kier molecular flexibility index (Phi) is 4.20. The van der Waals surface area contributed by atoms with E-state index in [-0.39, 0.29) is 17.2 Å². The number of Topliss-reactive ketones (excluding diaryl/α,β-unsaturated/α-hetero) is 1. The zero-order valence-electron chi connectivity index (χ0n) is 14.6. The van der Waals surface area contributed by atoms with Gasteiger partial charge < -0.3 is 10.6 Å². The van der Waals surface area contributed by atoms with Gasteiger partial charge in [0.15, 0.2) is 5.78 Å². The lowest BCUT2D eigenvalue weighted by Crippen LogP contribution is -2.31. The number of benzene rings is 1. The Morgan fingerprint density at radius 2 is 1.73 bits per heavy atom. The van der Waals surface area contributed by atoms with Gasteiger partial charge in [-0.2, -0.15) is 0 Å². The van der Waals surface area contributed by atoms with Crippen molar-refractivity contribution in [3.05, 3.63) is 63.5 Å². The molecule has 0 saturated heterocycles. The number of fused-ring (bicyclic) bond motifs is 1. The SMILES string of the molecule is CC1(C)CC(=O)C2=C(C1)Nc1cc(Cl)c(Cl)cc1NC2c1ccncc1. The summed E-state index contributed by atoms with van der Waals surface area (Å²) in [6.45, 7) is 4.23. The van der Waals surface area contributed by atoms with Crippen molar-refractivity contribution >= 4 is 40.4 Å². The highest BCUT2D eigenvalue weighted by Crippen LogP contribution is 2.46. The lowest BCUT2D eigenvalue weighted by atomic mass is 9.73. The van der Waals surface area contributed by atoms with Crippen molar-refractivity contribution in [2.75, 3.05) is 10.6 Å². The number of halogens is 2. The monoisotopic (exact) mass is 387 g/mol. The molecular weight excluding hydrogens is 369 g/mol. The third kappa shape index (κ3) is 3.08. The number of aromatic nitrogens is 1. The summed E-state index contributed by atoms with van der Waals surface area (Å²) < 4.78 is 0. The number of nitrogens with one attached hydrogen (secondary N) is 2. The summed E-state index contributed by atoms with van der Waals surface area (Å²) in [4.78, 5) is 17.2. The molecule has 1 atom stereocenters. The Bertz CT molecular complexity index is 922. The summed E-state index contributed by atoms with van der Waals surface area (Å²) in [5, 5.41) is 7.89. The number of allylic oxidation sites excluding steroid dienone is 1. The van der Waals surface area contributed by atoms with Gasteiger partial charge >= 0.3 is 0 Å². The van der Waals surface area contributed by atoms with E-state index < -0.39 is 0 Å². The second kappa shape index (κ2) is 6.29. The molecule has 6 heteroatoms. The molecule has 1 aromatic heterocycles. The standard InChI is InChI=1S/C20H19Cl2N3O/c1-20(2)9-16-18(17(26)10-20)19(11-3-5-23-6-4-11)25-15-8-13(22)12(21)7-14(15)24-16/h3-8,19,24-25H,9-10H2,1-2H3. The minimum absolute atomic E-state index is 0.0908. The molecule has 4 nitrogen and oxygen atoms in total. The Morgan fingerprint density at radius 3 is 2.42 bits per heavy atom. The summed E-state index contributed by atoms with van der Waals surface area (Å²) in [6, 6.07) is 7.20. The summed E-state index contributed by atoms with van der Waals surface area (Å²) in [7, 11) is 0. The molecule has 1 aliphatic carbocycles. The molecule has 0 bridgehead atoms. The third-order valence-corrected chi connectivity index (χ3v) is 5.62. The molecule has 2 N–H and O–H groups in total. The van der Waals surface area contributed by atoms with Gasteiger partial charge in [0, 0.05) is 30.1 Å². The molecule has 2 heterocycles. The molecular formula is C20H19Cl2N3O. The minimum atomic E-state index is -0.261. The maximum Gasteiger partial charge on any atom is 0.163 e. The fraction of sp³-hybridized carbons (Fsp3) is 0.300. The van der Waals surface area contributed by atoms with Crippen molar-refractivity contribution in [1.29, 1.82) is 0 Å². The molecule has 1 aromatic carbocycles. The van der Waals surface area contributed by atoms with Gasteiger partial charge in [0.05, 0.1) is 27.5 Å². The predicted molar refractivity (Wildman–Crippen MR) is 106 cm³/mol. The molecule has 4 rings (SSSR count). The van der Waals surface area contributed by atoms with Crippen molar-refractivity contribution in [2.24, 2.45) is 5.41 Å². The smallest absolute Gasteiger partial charge is 0.163 e. The number of carbonyl (C=O) groups excluding carboxylic acids is 1. The largest absolute Gasteiger partial charge is 0.372 e. The van der Waals surface area contributed by atoms with E-state index in [1.165, 1.54) is 0 Å². The van der Waals surface area contributed by atoms with Gasteiger partial charge in [-0.1, -0.05) is 37.0 Å². The molecule has 0 saturated carbocycles. The van der Waals surface area contributed by atoms with Crippen molar-refractivity contribution in [1.82, 2.24) is 4.98 Å². The fourth-order valence-corrected chi connectivity index (χ4v) is 4.07. The summed E-state index contributed by atoms with van der Waals surface area (Å²) >= 11 is 12.5. The molecule has 1 aliphatic heterocycles. The van der Waals surface area contributed by atoms with Crippen LogP contribution in [0.5, 0.6) is 0 Å². The number of carbonyl (C=O) groups is 1. The van der Waals surface area contributed by atoms with Crippen molar-refractivity contribution in [3.8, 4) is 0 Å². The van der Waals surface area contributed by atoms with Crippen LogP contribution in [0.25, 0.3) is 0 Å². The first-order chi connectivity index (χ1) is 12.3. The Labute approximate surface area is 162 Å². The van der Waals surface area contributed by atoms with Crippen molar-refractivity contribution in [2.45, 2.75) is 32.7 Å². The van der Waals surface area contributed by atoms with E-state index in [2.05, 4.69) is 29.5 Å². The zero-order valence-corrected chi connectivity index (χ0v) is 16.1. The highest BCUT2D eigenvalue weighted by Gasteiger charge is 2.38. The molecule has 1 unspecified atom stereocenters. The van der Waals surface area contributed by atoms with Crippen molar-refractivity contribution < 1.29 is 4.79 Å². The van der Waals surface area contributed by atoms with E-state index in [1.54, 1.807) is 24.5 Å². The van der Waals surface area contributed by atoms with Gasteiger partial charge in [0.25, 0.3) is 0 Å². The van der Waals surface area contributed by atoms with Crippen LogP contribution in [-0.4, -0.2) is 10.8 Å². The molecule has 2 aliphatic rings. The van der Waals surface area contributed by atoms with E-state index >= 15 is 0 Å². The van der Waals surface area contributed by atoms with Gasteiger partial charge in [0.1, 0.15) is 0 Å². The van der Waals surface area contributed by atoms with Crippen LogP contribution in [0.2, 0.25) is 10.0 Å². The van der Waals surface area contributed by atoms with E-state index in [0.29, 0.717) is 16.5 Å². The van der Waals surface area contributed by atoms with Crippen LogP contribution < -0.4 is 10.6 Å². The van der Waals surface area contributed by atoms with Crippen LogP contribution in [0.1, 0.15) is 38.3 Å². The lowest BCUT2D eigenvalue weighted by molar-refractivity contribution is -0.118. The third-order valence-electron chi connectivity index (χ3n) is 4.89. The number of pyridine rings is 1. The average Bonchev–Trinajstić information content (AvgIpc) is 2.72. The normalized spacial score (nSPS) is 21.2. The van der Waals surface area contributed by atoms with E-state index in [0.717, 1.165) is 34.6 Å². The number of hydrogen-bond acceptors (Lipinski definition) is 4. The van der Waals surface area contributed by atoms with Gasteiger partial charge in [-0.3, -0.25) is 9.78 Å². The molecule has 0 fully saturated rings. The molecule has 134 valence electrons. The van der Waals surface area contributed by atoms with Crippen LogP contribution >= 0.6 is 23.2 Å². The average molecular weight is 388 g/mol. The lowest BCUT2D eigenvalue weighted by Gasteiger charge is -2.34. The maximum atomic E-state index is 13.1. The fourth-order valence-electron chi connectivity index (χ4n) is 3.75. The topological polar surface area (TPSA) is 54.0 Å². The Morgan fingerprint density at radius 1 is 1.08 bits per heavy atom. The summed E-state index contributed by atoms with van der Waals surface area (Å²) in [5.74, 6) is 0.156. The molecule has 26 heavy (non-hydrogen) atoms. The number of nitrogens with zero attached hydrogens (tertiary/aromatic N) is 1. The molecule has 0 radical (unpaired) electrons. The first-order valence-corrected chi connectivity index (χ1v) is 9.28. The van der Waals surface area contributed by atoms with E-state index in [9.17, 15) is 4.79 Å². The highest BCUT2D eigenvalue weighted by molar-refractivity contribution is 6.42. The van der Waals surface area contributed by atoms with Crippen LogP contribution in [0.4, 0.5) is 11.4 Å². The second-order valence-electron chi connectivity index (χ2n) is 7.63. The molecule has 2 aromatic rings. The number of ketones is 1. The number of hydrogen-bond donors (Lipinski definition) is 2. The molecule has 0 spiro atoms. The van der Waals surface area contributed by atoms with Crippen LogP contribution in [0, 0.1) is 5.41 Å². The van der Waals surface area contributed by atoms with Gasteiger partial charge in [-0.05, 0) is 41.7 Å². The highest BCUT2D eigenvalue weighted by atomic mass is 35.5. The molecule has 0 amide bonds. The van der Waals surface area contributed by atoms with E-state index in [1.807, 2.05) is 12.1 Å². The summed E-state index contributed by atoms with van der Waals surface area (Å²) in [6.07, 6.45) is 4.79. The van der Waals surface area contributed by atoms with Gasteiger partial charge in [0.2, 0.25) is 0 Å². The quantitative estimate of drug-likeness (QED) is 0.667. The van der Waals surface area contributed by atoms with Crippen molar-refractivity contribution in [3.63, 3.8) is 0 Å². The van der Waals surface area contributed by atoms with Gasteiger partial charge in [-0.15, -0.1) is 0 Å². The maximum absolute atomic E-state index is 13.1. The summed E-state index contributed by atoms with van der Waals surface area (Å²) in [5.41, 5.74) is 4.26. The predicted octanol–water partition coefficient (Wildman–Crippen LogP) is 5.61. The minimum Gasteiger partial charge on any atom is -0.372 e. The first-order valence-electron chi connectivity index (χ1n) is 8.53. The number of anilines is 2. The number of rotatable bonds is 1. The second-order valence-corrected chi connectivity index (χ2v) is 8.44. The first kappa shape index (κ1) is 17.4. The van der Waals surface area contributed by atoms with Gasteiger partial charge in [-0.25, -0.2) is 0 Å². The van der Waals surface area contributed by atoms with E-state index in [4.69, 9.17) is 23.2 Å². The van der Waals surface area contributed by atoms with Crippen LogP contribution in [0.3, 0.4) is 0 Å². The Hall–Kier alpha value is -2.04. The van der Waals surface area contributed by atoms with Crippen LogP contribution in [-0.2, 0) is 4.79 Å². The zero-order chi connectivity index (χ0) is 18.5. The van der Waals surface area contributed by atoms with Crippen LogP contribution in [0.15, 0.2) is 47.9 Å². The Balaban J connectivity index is 1.91.